The number of Topliss-reactive ketones (excluding diaryl/α,β-unsaturated/α-hetero) is 2. The Labute approximate surface area is 310 Å². The summed E-state index contributed by atoms with van der Waals surface area (Å²) in [6, 6.07) is 16.0. The smallest absolute Gasteiger partial charge is 0.222 e. The van der Waals surface area contributed by atoms with Crippen LogP contribution in [0.25, 0.3) is 0 Å². The van der Waals surface area contributed by atoms with E-state index in [4.69, 9.17) is 9.47 Å². The van der Waals surface area contributed by atoms with Crippen LogP contribution in [-0.4, -0.2) is 139 Å². The highest BCUT2D eigenvalue weighted by molar-refractivity contribution is 7.98. The predicted octanol–water partition coefficient (Wildman–Crippen LogP) is 1.69. The molecular formula is C33H52N2O12S4. The molecule has 0 aliphatic carbocycles. The van der Waals surface area contributed by atoms with E-state index in [0.29, 0.717) is 13.2 Å². The average molecular weight is 797 g/mol. The summed E-state index contributed by atoms with van der Waals surface area (Å²) in [5.74, 6) is 0.412. The first kappa shape index (κ1) is 47.1. The molecule has 2 aromatic carbocycles. The number of hydrogen-bond donors (Lipinski definition) is 1. The molecule has 2 saturated heterocycles. The van der Waals surface area contributed by atoms with E-state index in [0.717, 1.165) is 64.7 Å². The summed E-state index contributed by atoms with van der Waals surface area (Å²) in [6.45, 7) is 14.5. The van der Waals surface area contributed by atoms with Crippen molar-refractivity contribution in [2.75, 3.05) is 85.6 Å². The van der Waals surface area contributed by atoms with Crippen molar-refractivity contribution in [1.29, 1.82) is 0 Å². The van der Waals surface area contributed by atoms with E-state index in [1.165, 1.54) is 14.7 Å². The number of rotatable bonds is 10. The molecule has 2 aliphatic rings. The van der Waals surface area contributed by atoms with Crippen LogP contribution in [0, 0.1) is 0 Å². The number of quaternary nitrogens is 1. The third-order valence-electron chi connectivity index (χ3n) is 8.25. The van der Waals surface area contributed by atoms with Gasteiger partial charge in [0.1, 0.15) is 25.6 Å². The zero-order valence-corrected chi connectivity index (χ0v) is 34.0. The summed E-state index contributed by atoms with van der Waals surface area (Å²) in [7, 11) is -6.97. The van der Waals surface area contributed by atoms with Gasteiger partial charge in [-0.1, -0.05) is 12.1 Å². The highest BCUT2D eigenvalue weighted by atomic mass is 32.3. The highest BCUT2D eigenvalue weighted by Crippen LogP contribution is 2.23. The second-order valence-corrected chi connectivity index (χ2v) is 17.7. The average Bonchev–Trinajstić information content (AvgIpc) is 3.12. The van der Waals surface area contributed by atoms with E-state index in [2.05, 4.69) is 37.9 Å². The van der Waals surface area contributed by atoms with Crippen LogP contribution >= 0.6 is 11.8 Å². The number of carbonyl (C=O) groups is 2. The minimum atomic E-state index is -4.41. The van der Waals surface area contributed by atoms with Crippen molar-refractivity contribution in [3.63, 3.8) is 0 Å². The van der Waals surface area contributed by atoms with Crippen LogP contribution in [0.15, 0.2) is 58.3 Å². The Hall–Kier alpha value is -1.94. The topological polar surface area (TPSA) is 193 Å². The number of thioether (sulfide) groups is 1. The van der Waals surface area contributed by atoms with E-state index in [1.54, 1.807) is 11.8 Å². The van der Waals surface area contributed by atoms with Crippen molar-refractivity contribution in [3.8, 4) is 0 Å². The van der Waals surface area contributed by atoms with Gasteiger partial charge in [-0.25, -0.2) is 16.8 Å². The minimum Gasteiger partial charge on any atom is -0.726 e. The molecule has 4 rings (SSSR count). The zero-order valence-electron chi connectivity index (χ0n) is 30.8. The molecular weight excluding hydrogens is 745 g/mol. The van der Waals surface area contributed by atoms with Crippen LogP contribution in [-0.2, 0) is 49.5 Å². The monoisotopic (exact) mass is 796 g/mol. The molecule has 0 spiro atoms. The summed E-state index contributed by atoms with van der Waals surface area (Å²) in [5, 5.41) is 0. The van der Waals surface area contributed by atoms with E-state index < -0.39 is 26.3 Å². The van der Waals surface area contributed by atoms with Gasteiger partial charge >= 0.3 is 0 Å². The largest absolute Gasteiger partial charge is 0.726 e. The van der Waals surface area contributed by atoms with Gasteiger partial charge in [0.05, 0.1) is 46.2 Å². The second-order valence-electron chi connectivity index (χ2n) is 12.4. The van der Waals surface area contributed by atoms with Crippen LogP contribution in [0.4, 0.5) is 0 Å². The Morgan fingerprint density at radius 3 is 1.55 bits per heavy atom. The van der Waals surface area contributed by atoms with Gasteiger partial charge < -0.3 is 23.5 Å². The highest BCUT2D eigenvalue weighted by Gasteiger charge is 2.40. The Morgan fingerprint density at radius 1 is 0.765 bits per heavy atom. The molecule has 0 unspecified atom stereocenters. The van der Waals surface area contributed by atoms with Crippen LogP contribution < -0.4 is 4.90 Å². The van der Waals surface area contributed by atoms with E-state index in [-0.39, 0.29) is 28.0 Å². The second kappa shape index (κ2) is 21.7. The Kier molecular flexibility index (Phi) is 20.0. The maximum atomic E-state index is 12.8. The number of nitrogens with zero attached hydrogens (tertiary/aromatic N) is 1. The number of ether oxygens (including phenoxy) is 2. The van der Waals surface area contributed by atoms with Gasteiger partial charge in [0.2, 0.25) is 26.6 Å². The van der Waals surface area contributed by atoms with Gasteiger partial charge in [0.25, 0.3) is 0 Å². The summed E-state index contributed by atoms with van der Waals surface area (Å²) in [4.78, 5) is 31.5. The zero-order chi connectivity index (χ0) is 39.0. The minimum absolute atomic E-state index is 0.182. The quantitative estimate of drug-likeness (QED) is 0.120. The lowest BCUT2D eigenvalue weighted by Crippen LogP contribution is -3.22. The lowest BCUT2D eigenvalue weighted by Gasteiger charge is -2.39. The summed E-state index contributed by atoms with van der Waals surface area (Å²) >= 11 is 1.69. The summed E-state index contributed by atoms with van der Waals surface area (Å²) < 4.78 is 72.8. The Bertz CT molecular complexity index is 1540. The van der Waals surface area contributed by atoms with Crippen LogP contribution in [0.2, 0.25) is 0 Å². The van der Waals surface area contributed by atoms with Crippen molar-refractivity contribution in [1.82, 2.24) is 4.90 Å². The molecule has 1 N–H and O–H groups in total. The maximum Gasteiger partial charge on any atom is 0.222 e. The van der Waals surface area contributed by atoms with Crippen molar-refractivity contribution >= 4 is 55.0 Å². The van der Waals surface area contributed by atoms with Gasteiger partial charge in [-0.2, -0.15) is 0 Å². The van der Waals surface area contributed by atoms with Crippen molar-refractivity contribution < 1.29 is 58.3 Å². The fourth-order valence-electron chi connectivity index (χ4n) is 5.00. The van der Waals surface area contributed by atoms with Crippen LogP contribution in [0.3, 0.4) is 0 Å². The van der Waals surface area contributed by atoms with Crippen molar-refractivity contribution in [3.05, 3.63) is 59.7 Å². The molecule has 0 atom stereocenters. The molecule has 0 bridgehead atoms. The van der Waals surface area contributed by atoms with E-state index in [1.807, 2.05) is 70.3 Å². The Morgan fingerprint density at radius 2 is 1.16 bits per heavy atom. The Balaban J connectivity index is 0.000000389. The molecule has 290 valence electrons. The standard InChI is InChI=1S/C16H24NO2S.C15H21NO2S.2CH4O4S/c1-16(2,17-9-11-19-12-10-17)15(18)13-5-7-14(8-6-13)20(3)4;1-15(2,16-8-10-18-11-9-16)14(17)12-4-6-13(19-3)7-5-12;2*1-5-6(2,3)4/h5-8H,9-12H2,1-4H3;4-7H,8-11H2,1-3H3;2*1H3,(H,2,3,4)/q+1;;;/p-1. The third-order valence-corrected chi connectivity index (χ3v) is 11.0. The summed E-state index contributed by atoms with van der Waals surface area (Å²) in [6.07, 6.45) is 6.42. The number of nitrogens with one attached hydrogen (secondary N) is 1. The molecule has 2 aliphatic heterocycles. The molecule has 2 fully saturated rings. The van der Waals surface area contributed by atoms with Crippen molar-refractivity contribution in [2.45, 2.75) is 48.6 Å². The SMILES string of the molecule is COS(=O)(=O)[O-].COS(=O)(=O)[O-].CSc1ccc(C(=O)C(C)(C)N2CCOCC2)cc1.C[S+](C)c1ccc(C(=O)C(C)(C)[NH+]2CCOCC2)cc1. The van der Waals surface area contributed by atoms with Gasteiger partial charge in [-0.3, -0.25) is 22.9 Å². The number of benzene rings is 2. The predicted molar refractivity (Wildman–Crippen MR) is 196 cm³/mol. The first-order valence-corrected chi connectivity index (χ1v) is 21.7. The molecule has 14 nitrogen and oxygen atoms in total. The normalized spacial score (nSPS) is 16.1. The van der Waals surface area contributed by atoms with E-state index in [9.17, 15) is 35.5 Å². The van der Waals surface area contributed by atoms with Crippen LogP contribution in [0.5, 0.6) is 0 Å². The number of hydrogen-bond acceptors (Lipinski definition) is 14. The van der Waals surface area contributed by atoms with Gasteiger partial charge in [0, 0.05) is 40.0 Å². The molecule has 51 heavy (non-hydrogen) atoms. The van der Waals surface area contributed by atoms with Crippen LogP contribution in [0.1, 0.15) is 48.4 Å². The van der Waals surface area contributed by atoms with Crippen molar-refractivity contribution in [2.24, 2.45) is 0 Å². The van der Waals surface area contributed by atoms with E-state index >= 15 is 0 Å². The molecule has 0 amide bonds. The number of ketones is 2. The van der Waals surface area contributed by atoms with Gasteiger partial charge in [0.15, 0.2) is 16.2 Å². The van der Waals surface area contributed by atoms with Gasteiger partial charge in [-0.15, -0.1) is 11.8 Å². The molecule has 0 aromatic heterocycles. The first-order valence-electron chi connectivity index (χ1n) is 15.8. The fourth-order valence-corrected chi connectivity index (χ4v) is 6.09. The fraction of sp³-hybridized carbons (Fsp3) is 0.576. The molecule has 2 heterocycles. The lowest BCUT2D eigenvalue weighted by molar-refractivity contribution is -0.944. The molecule has 2 aromatic rings. The van der Waals surface area contributed by atoms with Gasteiger partial charge in [-0.05, 0) is 70.3 Å². The molecule has 0 radical (unpaired) electrons. The summed E-state index contributed by atoms with van der Waals surface area (Å²) in [5.41, 5.74) is 0.758. The maximum absolute atomic E-state index is 12.8. The number of morpholine rings is 2. The molecule has 18 heteroatoms. The number of carbonyl (C=O) groups excluding carboxylic acids is 2. The first-order chi connectivity index (χ1) is 23.6. The lowest BCUT2D eigenvalue weighted by atomic mass is 9.91. The third kappa shape index (κ3) is 16.7. The molecule has 0 saturated carbocycles.